The fraction of sp³-hybridized carbons (Fsp3) is 0.950. The lowest BCUT2D eigenvalue weighted by molar-refractivity contribution is -0.165. The minimum absolute atomic E-state index is 0.167. The first kappa shape index (κ1) is 24.4. The first-order valence-electron chi connectivity index (χ1n) is 10.0. The molecular formula is C20H40O5. The summed E-state index contributed by atoms with van der Waals surface area (Å²) in [7, 11) is 1.59. The van der Waals surface area contributed by atoms with Crippen LogP contribution in [0.3, 0.4) is 0 Å². The molecule has 25 heavy (non-hydrogen) atoms. The second-order valence-electron chi connectivity index (χ2n) is 6.74. The van der Waals surface area contributed by atoms with Crippen molar-refractivity contribution >= 4 is 5.97 Å². The van der Waals surface area contributed by atoms with E-state index in [9.17, 15) is 4.79 Å². The molecule has 0 unspecified atom stereocenters. The van der Waals surface area contributed by atoms with Gasteiger partial charge in [0.1, 0.15) is 12.9 Å². The highest BCUT2D eigenvalue weighted by molar-refractivity contribution is 5.66. The summed E-state index contributed by atoms with van der Waals surface area (Å²) in [5.41, 5.74) is 0. The van der Waals surface area contributed by atoms with Crippen molar-refractivity contribution < 1.29 is 24.1 Å². The van der Waals surface area contributed by atoms with Crippen molar-refractivity contribution in [1.82, 2.24) is 0 Å². The van der Waals surface area contributed by atoms with Crippen LogP contribution in [-0.2, 0) is 19.0 Å². The van der Waals surface area contributed by atoms with Gasteiger partial charge in [-0.3, -0.25) is 4.79 Å². The van der Waals surface area contributed by atoms with E-state index in [0.717, 1.165) is 38.5 Å². The van der Waals surface area contributed by atoms with E-state index in [2.05, 4.69) is 6.92 Å². The van der Waals surface area contributed by atoms with Crippen LogP contribution in [0.15, 0.2) is 0 Å². The van der Waals surface area contributed by atoms with E-state index in [1.165, 1.54) is 45.4 Å². The zero-order valence-corrected chi connectivity index (χ0v) is 16.6. The molecule has 0 rings (SSSR count). The molecule has 0 amide bonds. The number of carbonyl (C=O) groups excluding carboxylic acids is 1. The molecule has 0 saturated carbocycles. The van der Waals surface area contributed by atoms with Crippen LogP contribution in [0, 0.1) is 0 Å². The highest BCUT2D eigenvalue weighted by Gasteiger charge is 2.24. The molecule has 2 atom stereocenters. The molecule has 0 aromatic heterocycles. The number of hydrogen-bond acceptors (Lipinski definition) is 5. The summed E-state index contributed by atoms with van der Waals surface area (Å²) in [4.78, 5) is 11.4. The monoisotopic (exact) mass is 360 g/mol. The van der Waals surface area contributed by atoms with Gasteiger partial charge >= 0.3 is 5.97 Å². The highest BCUT2D eigenvalue weighted by Crippen LogP contribution is 2.19. The molecule has 0 saturated heterocycles. The third-order valence-corrected chi connectivity index (χ3v) is 4.37. The number of ether oxygens (including phenoxy) is 3. The van der Waals surface area contributed by atoms with E-state index < -0.39 is 0 Å². The number of methoxy groups -OCH3 is 1. The molecule has 5 heteroatoms. The van der Waals surface area contributed by atoms with Gasteiger partial charge in [0.05, 0.1) is 6.10 Å². The van der Waals surface area contributed by atoms with Gasteiger partial charge in [0.15, 0.2) is 0 Å². The van der Waals surface area contributed by atoms with Gasteiger partial charge < -0.3 is 19.3 Å². The molecule has 5 nitrogen and oxygen atoms in total. The number of esters is 1. The maximum Gasteiger partial charge on any atom is 0.302 e. The smallest absolute Gasteiger partial charge is 0.302 e. The lowest BCUT2D eigenvalue weighted by Gasteiger charge is -2.27. The highest BCUT2D eigenvalue weighted by atomic mass is 16.7. The number of rotatable bonds is 18. The van der Waals surface area contributed by atoms with Crippen molar-refractivity contribution in [1.29, 1.82) is 0 Å². The molecule has 0 heterocycles. The molecule has 0 aromatic carbocycles. The first-order chi connectivity index (χ1) is 12.2. The minimum atomic E-state index is -0.266. The molecule has 0 aromatic rings. The van der Waals surface area contributed by atoms with Crippen LogP contribution in [0.5, 0.6) is 0 Å². The first-order valence-corrected chi connectivity index (χ1v) is 10.0. The van der Waals surface area contributed by atoms with Crippen LogP contribution in [0.4, 0.5) is 0 Å². The molecule has 0 radical (unpaired) electrons. The van der Waals surface area contributed by atoms with Crippen LogP contribution in [0.2, 0.25) is 0 Å². The zero-order valence-electron chi connectivity index (χ0n) is 16.6. The topological polar surface area (TPSA) is 65.0 Å². The number of carbonyl (C=O) groups is 1. The summed E-state index contributed by atoms with van der Waals surface area (Å²) in [5.74, 6) is -0.266. The second-order valence-corrected chi connectivity index (χ2v) is 6.74. The van der Waals surface area contributed by atoms with Crippen LogP contribution in [-0.4, -0.2) is 43.8 Å². The second kappa shape index (κ2) is 18.2. The van der Waals surface area contributed by atoms with Crippen molar-refractivity contribution in [3.05, 3.63) is 0 Å². The predicted octanol–water partition coefficient (Wildman–Crippen LogP) is 4.60. The summed E-state index contributed by atoms with van der Waals surface area (Å²) in [5, 5.41) is 8.97. The van der Waals surface area contributed by atoms with Gasteiger partial charge in [0.2, 0.25) is 0 Å². The van der Waals surface area contributed by atoms with Gasteiger partial charge in [-0.1, -0.05) is 51.9 Å². The molecule has 0 aliphatic carbocycles. The fourth-order valence-corrected chi connectivity index (χ4v) is 3.00. The summed E-state index contributed by atoms with van der Waals surface area (Å²) >= 11 is 0. The fourth-order valence-electron chi connectivity index (χ4n) is 3.00. The van der Waals surface area contributed by atoms with Crippen LogP contribution in [0.25, 0.3) is 0 Å². The van der Waals surface area contributed by atoms with Gasteiger partial charge in [-0.2, -0.15) is 0 Å². The van der Waals surface area contributed by atoms with Crippen molar-refractivity contribution in [3.8, 4) is 0 Å². The van der Waals surface area contributed by atoms with Gasteiger partial charge in [0, 0.05) is 20.6 Å². The maximum absolute atomic E-state index is 11.4. The standard InChI is InChI=1S/C20H40O5/c1-4-5-6-7-8-9-10-11-15-20(25-18(2)22)19(24-17-23-3)14-12-13-16-21/h19-21H,4-17H2,1-3H3/t19-,20+/m1/s1. The quantitative estimate of drug-likeness (QED) is 0.220. The maximum atomic E-state index is 11.4. The summed E-state index contributed by atoms with van der Waals surface area (Å²) < 4.78 is 16.3. The SMILES string of the molecule is CCCCCCCCCC[C@H](OC(C)=O)[C@@H](CCCCO)OCOC. The summed E-state index contributed by atoms with van der Waals surface area (Å²) in [6.45, 7) is 4.05. The Hall–Kier alpha value is -0.650. The Bertz CT molecular complexity index is 296. The molecule has 1 N–H and O–H groups in total. The van der Waals surface area contributed by atoms with Crippen molar-refractivity contribution in [2.24, 2.45) is 0 Å². The third kappa shape index (κ3) is 15.3. The van der Waals surface area contributed by atoms with Crippen LogP contribution >= 0.6 is 0 Å². The number of aliphatic hydroxyl groups excluding tert-OH is 1. The Morgan fingerprint density at radius 2 is 1.44 bits per heavy atom. The Balaban J connectivity index is 4.23. The lowest BCUT2D eigenvalue weighted by atomic mass is 10.00. The molecular weight excluding hydrogens is 320 g/mol. The Morgan fingerprint density at radius 1 is 0.880 bits per heavy atom. The average molecular weight is 361 g/mol. The van der Waals surface area contributed by atoms with Crippen molar-refractivity contribution in [2.45, 2.75) is 103 Å². The summed E-state index contributed by atoms with van der Waals surface area (Å²) in [6.07, 6.45) is 12.8. The predicted molar refractivity (Wildman–Crippen MR) is 100 cm³/mol. The van der Waals surface area contributed by atoms with Gasteiger partial charge in [-0.25, -0.2) is 0 Å². The Morgan fingerprint density at radius 3 is 2.00 bits per heavy atom. The van der Waals surface area contributed by atoms with Gasteiger partial charge in [-0.15, -0.1) is 0 Å². The largest absolute Gasteiger partial charge is 0.460 e. The molecule has 0 fully saturated rings. The van der Waals surface area contributed by atoms with E-state index in [-0.39, 0.29) is 31.6 Å². The van der Waals surface area contributed by atoms with E-state index in [0.29, 0.717) is 0 Å². The normalized spacial score (nSPS) is 13.6. The van der Waals surface area contributed by atoms with Gasteiger partial charge in [0.25, 0.3) is 0 Å². The Kier molecular flexibility index (Phi) is 17.7. The number of hydrogen-bond donors (Lipinski definition) is 1. The van der Waals surface area contributed by atoms with Crippen molar-refractivity contribution in [2.75, 3.05) is 20.5 Å². The van der Waals surface area contributed by atoms with E-state index in [1.54, 1.807) is 7.11 Å². The average Bonchev–Trinajstić information content (AvgIpc) is 2.59. The van der Waals surface area contributed by atoms with E-state index in [4.69, 9.17) is 19.3 Å². The molecule has 0 aliphatic rings. The summed E-state index contributed by atoms with van der Waals surface area (Å²) in [6, 6.07) is 0. The zero-order chi connectivity index (χ0) is 18.8. The number of aliphatic hydroxyl groups is 1. The molecule has 0 aliphatic heterocycles. The van der Waals surface area contributed by atoms with Crippen LogP contribution in [0.1, 0.15) is 90.9 Å². The van der Waals surface area contributed by atoms with Crippen LogP contribution < -0.4 is 0 Å². The molecule has 150 valence electrons. The van der Waals surface area contributed by atoms with Crippen molar-refractivity contribution in [3.63, 3.8) is 0 Å². The molecule has 0 spiro atoms. The number of unbranched alkanes of at least 4 members (excludes halogenated alkanes) is 8. The minimum Gasteiger partial charge on any atom is -0.460 e. The third-order valence-electron chi connectivity index (χ3n) is 4.37. The van der Waals surface area contributed by atoms with E-state index >= 15 is 0 Å². The lowest BCUT2D eigenvalue weighted by Crippen LogP contribution is -2.34. The van der Waals surface area contributed by atoms with E-state index in [1.807, 2.05) is 0 Å². The Labute approximate surface area is 154 Å². The molecule has 0 bridgehead atoms. The van der Waals surface area contributed by atoms with Gasteiger partial charge in [-0.05, 0) is 32.1 Å².